The standard InChI is InChI=1S/C11H12N2O2S2/c1-13(6-8-4-3-5-16-8)11-12-9(7-17-11)10(14)15-2/h3-5,7H,6H2,1-2H3. The van der Waals surface area contributed by atoms with Crippen LogP contribution in [0.15, 0.2) is 22.9 Å². The first-order valence-corrected chi connectivity index (χ1v) is 6.74. The number of aromatic nitrogens is 1. The number of nitrogens with zero attached hydrogens (tertiary/aromatic N) is 2. The van der Waals surface area contributed by atoms with E-state index < -0.39 is 5.97 Å². The number of hydrogen-bond acceptors (Lipinski definition) is 6. The molecule has 4 nitrogen and oxygen atoms in total. The van der Waals surface area contributed by atoms with Crippen molar-refractivity contribution in [1.29, 1.82) is 0 Å². The van der Waals surface area contributed by atoms with E-state index in [0.717, 1.165) is 11.7 Å². The minimum absolute atomic E-state index is 0.366. The van der Waals surface area contributed by atoms with Crippen LogP contribution in [0.25, 0.3) is 0 Å². The lowest BCUT2D eigenvalue weighted by atomic mass is 10.4. The Labute approximate surface area is 107 Å². The molecule has 0 aromatic carbocycles. The van der Waals surface area contributed by atoms with E-state index in [1.54, 1.807) is 16.7 Å². The van der Waals surface area contributed by atoms with Crippen molar-refractivity contribution in [2.75, 3.05) is 19.1 Å². The van der Waals surface area contributed by atoms with Gasteiger partial charge in [0.1, 0.15) is 0 Å². The summed E-state index contributed by atoms with van der Waals surface area (Å²) < 4.78 is 4.62. The molecule has 2 rings (SSSR count). The summed E-state index contributed by atoms with van der Waals surface area (Å²) in [5.74, 6) is -0.392. The zero-order valence-electron chi connectivity index (χ0n) is 9.54. The first kappa shape index (κ1) is 12.1. The molecule has 0 aliphatic heterocycles. The number of esters is 1. The van der Waals surface area contributed by atoms with Crippen LogP contribution in [0.2, 0.25) is 0 Å². The molecule has 0 radical (unpaired) electrons. The molecule has 0 aliphatic carbocycles. The predicted molar refractivity (Wildman–Crippen MR) is 69.9 cm³/mol. The smallest absolute Gasteiger partial charge is 0.357 e. The van der Waals surface area contributed by atoms with Gasteiger partial charge >= 0.3 is 5.97 Å². The first-order valence-electron chi connectivity index (χ1n) is 4.98. The van der Waals surface area contributed by atoms with Gasteiger partial charge in [-0.1, -0.05) is 6.07 Å². The van der Waals surface area contributed by atoms with E-state index in [4.69, 9.17) is 0 Å². The third kappa shape index (κ3) is 2.83. The topological polar surface area (TPSA) is 42.4 Å². The number of thiazole rings is 1. The average molecular weight is 268 g/mol. The van der Waals surface area contributed by atoms with Crippen LogP contribution < -0.4 is 4.90 Å². The third-order valence-electron chi connectivity index (χ3n) is 2.19. The summed E-state index contributed by atoms with van der Waals surface area (Å²) in [5, 5.41) is 4.58. The number of rotatable bonds is 4. The summed E-state index contributed by atoms with van der Waals surface area (Å²) >= 11 is 3.15. The van der Waals surface area contributed by atoms with Crippen molar-refractivity contribution in [2.24, 2.45) is 0 Å². The van der Waals surface area contributed by atoms with E-state index in [1.165, 1.54) is 23.3 Å². The van der Waals surface area contributed by atoms with Gasteiger partial charge in [-0.25, -0.2) is 9.78 Å². The Hall–Kier alpha value is -1.40. The molecular weight excluding hydrogens is 256 g/mol. The van der Waals surface area contributed by atoms with Gasteiger partial charge in [-0.3, -0.25) is 0 Å². The summed E-state index contributed by atoms with van der Waals surface area (Å²) in [5.41, 5.74) is 0.366. The van der Waals surface area contributed by atoms with E-state index in [2.05, 4.69) is 15.8 Å². The highest BCUT2D eigenvalue weighted by Crippen LogP contribution is 2.22. The fourth-order valence-electron chi connectivity index (χ4n) is 1.34. The maximum absolute atomic E-state index is 11.3. The Balaban J connectivity index is 2.07. The molecule has 17 heavy (non-hydrogen) atoms. The molecule has 0 unspecified atom stereocenters. The van der Waals surface area contributed by atoms with Crippen LogP contribution in [0.3, 0.4) is 0 Å². The van der Waals surface area contributed by atoms with Gasteiger partial charge in [0.2, 0.25) is 0 Å². The zero-order valence-corrected chi connectivity index (χ0v) is 11.2. The van der Waals surface area contributed by atoms with Gasteiger partial charge in [0.15, 0.2) is 10.8 Å². The fraction of sp³-hybridized carbons (Fsp3) is 0.273. The minimum Gasteiger partial charge on any atom is -0.464 e. The molecule has 6 heteroatoms. The van der Waals surface area contributed by atoms with Gasteiger partial charge < -0.3 is 9.64 Å². The molecule has 0 amide bonds. The molecule has 2 aromatic rings. The molecule has 2 aromatic heterocycles. The van der Waals surface area contributed by atoms with E-state index in [0.29, 0.717) is 5.69 Å². The van der Waals surface area contributed by atoms with Crippen LogP contribution in [-0.2, 0) is 11.3 Å². The van der Waals surface area contributed by atoms with Crippen molar-refractivity contribution >= 4 is 33.8 Å². The molecule has 0 N–H and O–H groups in total. The summed E-state index contributed by atoms with van der Waals surface area (Å²) in [6.45, 7) is 0.797. The molecule has 0 spiro atoms. The Morgan fingerprint density at radius 2 is 2.35 bits per heavy atom. The Kier molecular flexibility index (Phi) is 3.75. The number of carbonyl (C=O) groups excluding carboxylic acids is 1. The highest BCUT2D eigenvalue weighted by molar-refractivity contribution is 7.14. The predicted octanol–water partition coefficient (Wildman–Crippen LogP) is 2.63. The van der Waals surface area contributed by atoms with Gasteiger partial charge in [0, 0.05) is 17.3 Å². The number of hydrogen-bond donors (Lipinski definition) is 0. The van der Waals surface area contributed by atoms with Crippen molar-refractivity contribution in [1.82, 2.24) is 4.98 Å². The fourth-order valence-corrected chi connectivity index (χ4v) is 2.86. The van der Waals surface area contributed by atoms with Gasteiger partial charge in [0.05, 0.1) is 13.7 Å². The van der Waals surface area contributed by atoms with E-state index in [9.17, 15) is 4.79 Å². The van der Waals surface area contributed by atoms with Crippen LogP contribution in [0.5, 0.6) is 0 Å². The molecule has 0 bridgehead atoms. The van der Waals surface area contributed by atoms with Crippen LogP contribution >= 0.6 is 22.7 Å². The largest absolute Gasteiger partial charge is 0.464 e. The van der Waals surface area contributed by atoms with Crippen molar-refractivity contribution in [2.45, 2.75) is 6.54 Å². The zero-order chi connectivity index (χ0) is 12.3. The Bertz CT molecular complexity index is 493. The lowest BCUT2D eigenvalue weighted by Crippen LogP contribution is -2.15. The molecular formula is C11H12N2O2S2. The van der Waals surface area contributed by atoms with E-state index in [-0.39, 0.29) is 0 Å². The molecule has 2 heterocycles. The Morgan fingerprint density at radius 1 is 1.53 bits per heavy atom. The monoisotopic (exact) mass is 268 g/mol. The van der Waals surface area contributed by atoms with Crippen molar-refractivity contribution in [3.8, 4) is 0 Å². The van der Waals surface area contributed by atoms with Gasteiger partial charge in [-0.05, 0) is 11.4 Å². The van der Waals surface area contributed by atoms with Crippen LogP contribution in [0.4, 0.5) is 5.13 Å². The highest BCUT2D eigenvalue weighted by atomic mass is 32.1. The summed E-state index contributed by atoms with van der Waals surface area (Å²) in [6.07, 6.45) is 0. The second-order valence-corrected chi connectivity index (χ2v) is 5.31. The summed E-state index contributed by atoms with van der Waals surface area (Å²) in [4.78, 5) is 18.8. The van der Waals surface area contributed by atoms with E-state index >= 15 is 0 Å². The lowest BCUT2D eigenvalue weighted by molar-refractivity contribution is 0.0595. The summed E-state index contributed by atoms with van der Waals surface area (Å²) in [7, 11) is 3.32. The third-order valence-corrected chi connectivity index (χ3v) is 4.00. The molecule has 0 saturated carbocycles. The molecule has 0 aliphatic rings. The summed E-state index contributed by atoms with van der Waals surface area (Å²) in [6, 6.07) is 4.10. The second kappa shape index (κ2) is 5.29. The molecule has 0 atom stereocenters. The first-order chi connectivity index (χ1) is 8.20. The van der Waals surface area contributed by atoms with Crippen molar-refractivity contribution < 1.29 is 9.53 Å². The number of methoxy groups -OCH3 is 1. The lowest BCUT2D eigenvalue weighted by Gasteiger charge is -2.13. The number of carbonyl (C=O) groups is 1. The van der Waals surface area contributed by atoms with Gasteiger partial charge in [0.25, 0.3) is 0 Å². The molecule has 90 valence electrons. The van der Waals surface area contributed by atoms with Crippen LogP contribution in [-0.4, -0.2) is 25.1 Å². The number of anilines is 1. The van der Waals surface area contributed by atoms with E-state index in [1.807, 2.05) is 23.4 Å². The van der Waals surface area contributed by atoms with Gasteiger partial charge in [-0.2, -0.15) is 0 Å². The maximum atomic E-state index is 11.3. The van der Waals surface area contributed by atoms with Crippen molar-refractivity contribution in [3.63, 3.8) is 0 Å². The normalized spacial score (nSPS) is 10.2. The van der Waals surface area contributed by atoms with Crippen LogP contribution in [0.1, 0.15) is 15.4 Å². The Morgan fingerprint density at radius 3 is 3.00 bits per heavy atom. The highest BCUT2D eigenvalue weighted by Gasteiger charge is 2.13. The van der Waals surface area contributed by atoms with Gasteiger partial charge in [-0.15, -0.1) is 22.7 Å². The maximum Gasteiger partial charge on any atom is 0.357 e. The molecule has 0 saturated heterocycles. The van der Waals surface area contributed by atoms with Crippen LogP contribution in [0, 0.1) is 0 Å². The SMILES string of the molecule is COC(=O)c1csc(N(C)Cc2cccs2)n1. The number of thiophene rings is 1. The molecule has 0 fully saturated rings. The quantitative estimate of drug-likeness (QED) is 0.799. The average Bonchev–Trinajstić information content (AvgIpc) is 2.98. The number of ether oxygens (including phenoxy) is 1. The minimum atomic E-state index is -0.392. The second-order valence-electron chi connectivity index (χ2n) is 3.44. The van der Waals surface area contributed by atoms with Crippen molar-refractivity contribution in [3.05, 3.63) is 33.5 Å².